The minimum atomic E-state index is 0.170. The zero-order valence-electron chi connectivity index (χ0n) is 9.33. The second kappa shape index (κ2) is 7.08. The molecule has 0 spiro atoms. The number of morpholine rings is 1. The van der Waals surface area contributed by atoms with Crippen molar-refractivity contribution < 1.29 is 9.47 Å². The van der Waals surface area contributed by atoms with E-state index < -0.39 is 0 Å². The van der Waals surface area contributed by atoms with Crippen LogP contribution in [0.3, 0.4) is 0 Å². The lowest BCUT2D eigenvalue weighted by molar-refractivity contribution is -0.0802. The summed E-state index contributed by atoms with van der Waals surface area (Å²) < 4.78 is 10.7. The largest absolute Gasteiger partial charge is 0.382 e. The summed E-state index contributed by atoms with van der Waals surface area (Å²) in [6.45, 7) is 5.18. The lowest BCUT2D eigenvalue weighted by Gasteiger charge is -2.36. The van der Waals surface area contributed by atoms with Crippen LogP contribution in [-0.2, 0) is 9.47 Å². The van der Waals surface area contributed by atoms with Crippen LogP contribution < -0.4 is 0 Å². The number of alkyl halides is 1. The molecular weight excluding hydrogens is 214 g/mol. The first kappa shape index (κ1) is 12.8. The van der Waals surface area contributed by atoms with Crippen molar-refractivity contribution >= 4 is 11.6 Å². The van der Waals surface area contributed by atoms with Gasteiger partial charge in [0.2, 0.25) is 0 Å². The number of hydrogen-bond donors (Lipinski definition) is 0. The molecule has 0 aromatic heterocycles. The molecule has 0 unspecified atom stereocenters. The summed E-state index contributed by atoms with van der Waals surface area (Å²) in [5.74, 6) is 6.31. The number of methoxy groups -OCH3 is 1. The highest BCUT2D eigenvalue weighted by atomic mass is 35.5. The number of nitrogens with zero attached hydrogens (tertiary/aromatic N) is 1. The summed E-state index contributed by atoms with van der Waals surface area (Å²) in [7, 11) is 1.69. The normalized spacial score (nSPS) is 27.1. The van der Waals surface area contributed by atoms with Gasteiger partial charge in [-0.15, -0.1) is 11.6 Å². The summed E-state index contributed by atoms with van der Waals surface area (Å²) in [6.07, 6.45) is 0.170. The van der Waals surface area contributed by atoms with Crippen molar-refractivity contribution in [3.05, 3.63) is 0 Å². The van der Waals surface area contributed by atoms with Crippen LogP contribution >= 0.6 is 11.6 Å². The SMILES string of the molecule is COC[C@@H]1CN(CC#CCCl)[C@@H](C)CO1. The molecule has 0 aromatic carbocycles. The number of halogens is 1. The minimum Gasteiger partial charge on any atom is -0.382 e. The molecule has 4 heteroatoms. The Hall–Kier alpha value is -0.270. The van der Waals surface area contributed by atoms with Gasteiger partial charge in [0.25, 0.3) is 0 Å². The van der Waals surface area contributed by atoms with Gasteiger partial charge in [-0.05, 0) is 6.92 Å². The van der Waals surface area contributed by atoms with Gasteiger partial charge in [0, 0.05) is 19.7 Å². The molecule has 1 aliphatic heterocycles. The van der Waals surface area contributed by atoms with Crippen LogP contribution in [0.5, 0.6) is 0 Å². The fraction of sp³-hybridized carbons (Fsp3) is 0.818. The minimum absolute atomic E-state index is 0.170. The monoisotopic (exact) mass is 231 g/mol. The summed E-state index contributed by atoms with van der Waals surface area (Å²) in [5.41, 5.74) is 0. The predicted molar refractivity (Wildman–Crippen MR) is 61.1 cm³/mol. The highest BCUT2D eigenvalue weighted by Gasteiger charge is 2.24. The molecule has 2 atom stereocenters. The Labute approximate surface area is 96.7 Å². The molecule has 0 radical (unpaired) electrons. The number of hydrogen-bond acceptors (Lipinski definition) is 3. The fourth-order valence-corrected chi connectivity index (χ4v) is 1.68. The van der Waals surface area contributed by atoms with Crippen LogP contribution in [0.2, 0.25) is 0 Å². The van der Waals surface area contributed by atoms with E-state index in [4.69, 9.17) is 21.1 Å². The molecule has 1 heterocycles. The van der Waals surface area contributed by atoms with Crippen molar-refractivity contribution in [1.29, 1.82) is 0 Å². The Morgan fingerprint density at radius 3 is 3.00 bits per heavy atom. The van der Waals surface area contributed by atoms with Crippen molar-refractivity contribution in [1.82, 2.24) is 4.90 Å². The van der Waals surface area contributed by atoms with Gasteiger partial charge in [-0.25, -0.2) is 0 Å². The molecule has 0 saturated carbocycles. The fourth-order valence-electron chi connectivity index (χ4n) is 1.59. The highest BCUT2D eigenvalue weighted by Crippen LogP contribution is 2.10. The quantitative estimate of drug-likeness (QED) is 0.534. The van der Waals surface area contributed by atoms with Gasteiger partial charge in [0.15, 0.2) is 0 Å². The molecule has 1 fully saturated rings. The summed E-state index contributed by atoms with van der Waals surface area (Å²) in [4.78, 5) is 2.30. The van der Waals surface area contributed by atoms with Gasteiger partial charge in [0.1, 0.15) is 0 Å². The molecule has 0 amide bonds. The van der Waals surface area contributed by atoms with E-state index in [-0.39, 0.29) is 6.10 Å². The van der Waals surface area contributed by atoms with E-state index in [2.05, 4.69) is 23.7 Å². The second-order valence-electron chi connectivity index (χ2n) is 3.68. The highest BCUT2D eigenvalue weighted by molar-refractivity contribution is 6.19. The Morgan fingerprint density at radius 2 is 2.33 bits per heavy atom. The van der Waals surface area contributed by atoms with Gasteiger partial charge in [-0.2, -0.15) is 0 Å². The number of rotatable bonds is 3. The van der Waals surface area contributed by atoms with Crippen LogP contribution in [-0.4, -0.2) is 56.3 Å². The Bertz CT molecular complexity index is 236. The Morgan fingerprint density at radius 1 is 1.53 bits per heavy atom. The Kier molecular flexibility index (Phi) is 6.04. The van der Waals surface area contributed by atoms with Gasteiger partial charge in [0.05, 0.1) is 31.7 Å². The van der Waals surface area contributed by atoms with Crippen LogP contribution in [0.25, 0.3) is 0 Å². The van der Waals surface area contributed by atoms with E-state index >= 15 is 0 Å². The van der Waals surface area contributed by atoms with Crippen molar-refractivity contribution in [3.8, 4) is 11.8 Å². The van der Waals surface area contributed by atoms with Crippen LogP contribution in [0.4, 0.5) is 0 Å². The smallest absolute Gasteiger partial charge is 0.0936 e. The zero-order valence-corrected chi connectivity index (χ0v) is 10.1. The van der Waals surface area contributed by atoms with Crippen molar-refractivity contribution in [3.63, 3.8) is 0 Å². The zero-order chi connectivity index (χ0) is 11.1. The average Bonchev–Trinajstić information content (AvgIpc) is 2.23. The van der Waals surface area contributed by atoms with Gasteiger partial charge >= 0.3 is 0 Å². The van der Waals surface area contributed by atoms with E-state index in [1.807, 2.05) is 0 Å². The van der Waals surface area contributed by atoms with Crippen LogP contribution in [0, 0.1) is 11.8 Å². The summed E-state index contributed by atoms with van der Waals surface area (Å²) in [6, 6.07) is 0.419. The van der Waals surface area contributed by atoms with E-state index in [0.29, 0.717) is 18.5 Å². The second-order valence-corrected chi connectivity index (χ2v) is 3.94. The molecule has 0 bridgehead atoms. The third-order valence-corrected chi connectivity index (χ3v) is 2.59. The molecule has 15 heavy (non-hydrogen) atoms. The maximum absolute atomic E-state index is 5.63. The van der Waals surface area contributed by atoms with Crippen molar-refractivity contribution in [2.24, 2.45) is 0 Å². The Balaban J connectivity index is 2.39. The standard InChI is InChI=1S/C11H18ClNO2/c1-10-8-15-11(9-14-2)7-13(10)6-4-3-5-12/h10-11H,5-9H2,1-2H3/t10-,11-/m0/s1. The first-order valence-electron chi connectivity index (χ1n) is 5.14. The molecule has 0 N–H and O–H groups in total. The summed E-state index contributed by atoms with van der Waals surface area (Å²) in [5, 5.41) is 0. The van der Waals surface area contributed by atoms with Gasteiger partial charge in [-0.3, -0.25) is 4.90 Å². The first-order valence-corrected chi connectivity index (χ1v) is 5.67. The van der Waals surface area contributed by atoms with Crippen molar-refractivity contribution in [2.45, 2.75) is 19.1 Å². The maximum Gasteiger partial charge on any atom is 0.0936 e. The van der Waals surface area contributed by atoms with Crippen LogP contribution in [0.1, 0.15) is 6.92 Å². The van der Waals surface area contributed by atoms with Gasteiger partial charge < -0.3 is 9.47 Å². The molecule has 0 aromatic rings. The lowest BCUT2D eigenvalue weighted by Crippen LogP contribution is -2.49. The molecular formula is C11H18ClNO2. The maximum atomic E-state index is 5.63. The molecule has 0 aliphatic carbocycles. The predicted octanol–water partition coefficient (Wildman–Crippen LogP) is 0.964. The van der Waals surface area contributed by atoms with E-state index in [1.165, 1.54) is 0 Å². The topological polar surface area (TPSA) is 21.7 Å². The molecule has 86 valence electrons. The molecule has 1 saturated heterocycles. The molecule has 1 aliphatic rings. The third-order valence-electron chi connectivity index (χ3n) is 2.46. The average molecular weight is 232 g/mol. The third kappa shape index (κ3) is 4.40. The number of ether oxygens (including phenoxy) is 2. The lowest BCUT2D eigenvalue weighted by atomic mass is 10.2. The van der Waals surface area contributed by atoms with E-state index in [9.17, 15) is 0 Å². The van der Waals surface area contributed by atoms with Gasteiger partial charge in [-0.1, -0.05) is 11.8 Å². The molecule has 3 nitrogen and oxygen atoms in total. The first-order chi connectivity index (χ1) is 7.27. The van der Waals surface area contributed by atoms with Crippen LogP contribution in [0.15, 0.2) is 0 Å². The summed E-state index contributed by atoms with van der Waals surface area (Å²) >= 11 is 5.50. The molecule has 1 rings (SSSR count). The van der Waals surface area contributed by atoms with E-state index in [0.717, 1.165) is 19.7 Å². The van der Waals surface area contributed by atoms with Crippen molar-refractivity contribution in [2.75, 3.05) is 39.3 Å². The van der Waals surface area contributed by atoms with E-state index in [1.54, 1.807) is 7.11 Å².